The smallest absolute Gasteiger partial charge is 0.0620 e. The van der Waals surface area contributed by atoms with Gasteiger partial charge in [-0.25, -0.2) is 0 Å². The maximum absolute atomic E-state index is 4.11. The van der Waals surface area contributed by atoms with E-state index >= 15 is 0 Å². The van der Waals surface area contributed by atoms with E-state index in [-0.39, 0.29) is 0 Å². The van der Waals surface area contributed by atoms with Gasteiger partial charge in [-0.05, 0) is 146 Å². The zero-order chi connectivity index (χ0) is 41.6. The number of hydrogen-bond acceptors (Lipinski definition) is 0. The molecule has 62 heavy (non-hydrogen) atoms. The van der Waals surface area contributed by atoms with Gasteiger partial charge in [-0.15, -0.1) is 0 Å². The van der Waals surface area contributed by atoms with Crippen LogP contribution in [0, 0.1) is 11.8 Å². The lowest BCUT2D eigenvalue weighted by Crippen LogP contribution is -2.32. The van der Waals surface area contributed by atoms with Crippen LogP contribution in [-0.4, -0.2) is 0 Å². The van der Waals surface area contributed by atoms with Crippen molar-refractivity contribution in [3.8, 4) is 11.8 Å². The van der Waals surface area contributed by atoms with Gasteiger partial charge in [-0.1, -0.05) is 145 Å². The first-order chi connectivity index (χ1) is 30.7. The molecule has 302 valence electrons. The second-order valence-electron chi connectivity index (χ2n) is 17.1. The van der Waals surface area contributed by atoms with Gasteiger partial charge in [0.1, 0.15) is 46.4 Å². The molecule has 2 aliphatic rings. The summed E-state index contributed by atoms with van der Waals surface area (Å²) in [4.78, 5) is 0. The highest BCUT2D eigenvalue weighted by atomic mass is 31.2. The topological polar surface area (TPSA) is 0 Å². The molecule has 0 amide bonds. The van der Waals surface area contributed by atoms with Gasteiger partial charge in [0.05, 0.1) is 12.3 Å². The first kappa shape index (κ1) is 40.3. The fourth-order valence-corrected chi connectivity index (χ4v) is 19.0. The molecule has 0 nitrogen and oxygen atoms in total. The van der Waals surface area contributed by atoms with Crippen LogP contribution in [0.3, 0.4) is 0 Å². The van der Waals surface area contributed by atoms with E-state index in [0.717, 1.165) is 38.0 Å². The third-order valence-corrected chi connectivity index (χ3v) is 22.3. The van der Waals surface area contributed by atoms with Crippen LogP contribution in [0.25, 0.3) is 0 Å². The molecule has 0 unspecified atom stereocenters. The second kappa shape index (κ2) is 18.3. The zero-order valence-corrected chi connectivity index (χ0v) is 37.4. The Morgan fingerprint density at radius 1 is 0.290 bits per heavy atom. The fraction of sp³-hybridized carbons (Fsp3) is 0.167. The molecule has 0 aromatic heterocycles. The van der Waals surface area contributed by atoms with Crippen molar-refractivity contribution in [3.05, 3.63) is 251 Å². The summed E-state index contributed by atoms with van der Waals surface area (Å²) in [6, 6.07) is 78.1. The summed E-state index contributed by atoms with van der Waals surface area (Å²) in [5.74, 6) is 8.22. The Labute approximate surface area is 370 Å². The number of hydrogen-bond donors (Lipinski definition) is 0. The number of benzene rings is 8. The Morgan fingerprint density at radius 3 is 0.823 bits per heavy atom. The van der Waals surface area contributed by atoms with Gasteiger partial charge in [-0.2, -0.15) is 0 Å². The summed E-state index contributed by atoms with van der Waals surface area (Å²) in [6.45, 7) is 0. The highest BCUT2D eigenvalue weighted by molar-refractivity contribution is 7.95. The van der Waals surface area contributed by atoms with E-state index in [2.05, 4.69) is 218 Å². The van der Waals surface area contributed by atoms with E-state index in [1.165, 1.54) is 102 Å². The Bertz CT molecular complexity index is 2430. The molecular weight excluding hydrogens is 783 g/mol. The predicted molar refractivity (Wildman–Crippen MR) is 270 cm³/mol. The molecule has 2 heteroatoms. The molecule has 2 aliphatic carbocycles. The van der Waals surface area contributed by atoms with Crippen molar-refractivity contribution in [2.75, 3.05) is 0 Å². The van der Waals surface area contributed by atoms with Crippen molar-refractivity contribution < 1.29 is 0 Å². The summed E-state index contributed by atoms with van der Waals surface area (Å²) in [5, 5.41) is 8.48. The Hall–Kier alpha value is -5.82. The molecule has 10 rings (SSSR count). The van der Waals surface area contributed by atoms with Crippen molar-refractivity contribution >= 4 is 46.4 Å². The maximum atomic E-state index is 4.11. The Balaban J connectivity index is 1.19. The standard InChI is InChI=1S/C60H54P2/c1-7-25-51(26-8-1)61(52-27-9-2-10-28-52,53-29-11-3-12-30-53)45-49-41-39-47-23-19-21-37-57(47)59(49)43-44-60-50(42-40-48-24-20-22-38-58(48)60)46-62(54-31-13-4-14-32-54,55-33-15-5-16-34-55)56-35-17-6-18-36-56/h1-18,25-36,39-42H,19-24,37-38,45-46H2/q+2. The van der Waals surface area contributed by atoms with Crippen LogP contribution < -0.4 is 31.8 Å². The Morgan fingerprint density at radius 2 is 0.548 bits per heavy atom. The minimum Gasteiger partial charge on any atom is -0.0620 e. The molecule has 0 N–H and O–H groups in total. The molecule has 0 fully saturated rings. The summed E-state index contributed by atoms with van der Waals surface area (Å²) < 4.78 is 0. The second-order valence-corrected chi connectivity index (χ2v) is 24.1. The number of aryl methyl sites for hydroxylation is 2. The lowest BCUT2D eigenvalue weighted by atomic mass is 9.85. The van der Waals surface area contributed by atoms with E-state index in [1.807, 2.05) is 0 Å². The molecular formula is C60H54P2+2. The summed E-state index contributed by atoms with van der Waals surface area (Å²) in [5.41, 5.74) is 11.3. The average Bonchev–Trinajstić information content (AvgIpc) is 3.36. The van der Waals surface area contributed by atoms with Crippen molar-refractivity contribution in [2.24, 2.45) is 0 Å². The summed E-state index contributed by atoms with van der Waals surface area (Å²) in [6.07, 6.45) is 11.2. The molecule has 0 aliphatic heterocycles. The minimum atomic E-state index is -2.16. The molecule has 8 aromatic carbocycles. The van der Waals surface area contributed by atoms with Gasteiger partial charge in [0.2, 0.25) is 0 Å². The van der Waals surface area contributed by atoms with Crippen LogP contribution >= 0.6 is 14.5 Å². The monoisotopic (exact) mass is 836 g/mol. The van der Waals surface area contributed by atoms with E-state index in [1.54, 1.807) is 0 Å². The van der Waals surface area contributed by atoms with Crippen LogP contribution in [0.1, 0.15) is 70.2 Å². The van der Waals surface area contributed by atoms with Crippen LogP contribution in [0.4, 0.5) is 0 Å². The molecule has 0 radical (unpaired) electrons. The van der Waals surface area contributed by atoms with Crippen molar-refractivity contribution in [1.82, 2.24) is 0 Å². The summed E-state index contributed by atoms with van der Waals surface area (Å²) in [7, 11) is -4.31. The minimum absolute atomic E-state index is 0.923. The summed E-state index contributed by atoms with van der Waals surface area (Å²) >= 11 is 0. The van der Waals surface area contributed by atoms with E-state index in [9.17, 15) is 0 Å². The Kier molecular flexibility index (Phi) is 11.9. The maximum Gasteiger partial charge on any atom is 0.116 e. The fourth-order valence-electron chi connectivity index (χ4n) is 10.5. The van der Waals surface area contributed by atoms with Gasteiger partial charge < -0.3 is 0 Å². The van der Waals surface area contributed by atoms with Crippen LogP contribution in [0.5, 0.6) is 0 Å². The molecule has 8 aromatic rings. The normalized spacial score (nSPS) is 13.6. The van der Waals surface area contributed by atoms with Crippen molar-refractivity contribution in [3.63, 3.8) is 0 Å². The number of rotatable bonds is 10. The van der Waals surface area contributed by atoms with Gasteiger partial charge in [0.25, 0.3) is 0 Å². The van der Waals surface area contributed by atoms with Crippen molar-refractivity contribution in [1.29, 1.82) is 0 Å². The SMILES string of the molecule is C(#Cc1c(C[P+](c2ccccc2)(c2ccccc2)c2ccccc2)ccc2c1CCCC2)c1c(C[P+](c2ccccc2)(c2ccccc2)c2ccccc2)ccc2c1CCCC2. The highest BCUT2D eigenvalue weighted by Gasteiger charge is 2.47. The predicted octanol–water partition coefficient (Wildman–Crippen LogP) is 11.8. The zero-order valence-electron chi connectivity index (χ0n) is 35.6. The highest BCUT2D eigenvalue weighted by Crippen LogP contribution is 2.60. The van der Waals surface area contributed by atoms with E-state index in [0.29, 0.717) is 0 Å². The molecule has 0 atom stereocenters. The van der Waals surface area contributed by atoms with Crippen molar-refractivity contribution in [2.45, 2.75) is 63.7 Å². The molecule has 0 saturated heterocycles. The van der Waals surface area contributed by atoms with Gasteiger partial charge in [-0.3, -0.25) is 0 Å². The average molecular weight is 837 g/mol. The number of fused-ring (bicyclic) bond motifs is 2. The molecule has 0 spiro atoms. The van der Waals surface area contributed by atoms with Crippen LogP contribution in [-0.2, 0) is 38.0 Å². The molecule has 0 bridgehead atoms. The van der Waals surface area contributed by atoms with E-state index < -0.39 is 14.5 Å². The lowest BCUT2D eigenvalue weighted by Gasteiger charge is -2.29. The van der Waals surface area contributed by atoms with Gasteiger partial charge in [0, 0.05) is 22.3 Å². The first-order valence-electron chi connectivity index (χ1n) is 22.6. The van der Waals surface area contributed by atoms with Gasteiger partial charge in [0.15, 0.2) is 0 Å². The van der Waals surface area contributed by atoms with Gasteiger partial charge >= 0.3 is 0 Å². The molecule has 0 heterocycles. The lowest BCUT2D eigenvalue weighted by molar-refractivity contribution is 0.683. The molecule has 0 saturated carbocycles. The third-order valence-electron chi connectivity index (χ3n) is 13.5. The third kappa shape index (κ3) is 7.69. The first-order valence-corrected chi connectivity index (χ1v) is 26.6. The largest absolute Gasteiger partial charge is 0.116 e. The van der Waals surface area contributed by atoms with E-state index in [4.69, 9.17) is 0 Å². The van der Waals surface area contributed by atoms with Crippen LogP contribution in [0.15, 0.2) is 206 Å². The van der Waals surface area contributed by atoms with Crippen LogP contribution in [0.2, 0.25) is 0 Å². The quantitative estimate of drug-likeness (QED) is 0.0951.